The van der Waals surface area contributed by atoms with Crippen LogP contribution in [-0.4, -0.2) is 34.7 Å². The van der Waals surface area contributed by atoms with Crippen LogP contribution in [0.15, 0.2) is 24.4 Å². The van der Waals surface area contributed by atoms with Crippen molar-refractivity contribution in [3.05, 3.63) is 46.6 Å². The van der Waals surface area contributed by atoms with Gasteiger partial charge in [-0.3, -0.25) is 0 Å². The van der Waals surface area contributed by atoms with Gasteiger partial charge in [0.2, 0.25) is 0 Å². The molecule has 5 nitrogen and oxygen atoms in total. The number of hydrogen-bond acceptors (Lipinski definition) is 3. The topological polar surface area (TPSA) is 57.4 Å². The molecule has 1 aromatic carbocycles. The van der Waals surface area contributed by atoms with Gasteiger partial charge in [-0.25, -0.2) is 4.79 Å². The molecular weight excluding hydrogens is 350 g/mol. The molecule has 1 fully saturated rings. The number of ether oxygens (including phenoxy) is 1. The highest BCUT2D eigenvalue weighted by Gasteiger charge is 2.35. The Morgan fingerprint density at radius 2 is 2.07 bits per heavy atom. The van der Waals surface area contributed by atoms with Crippen molar-refractivity contribution in [3.8, 4) is 11.3 Å². The number of fused-ring (bicyclic) bond motifs is 1. The molecule has 5 heteroatoms. The molecule has 2 aliphatic heterocycles. The molecule has 0 radical (unpaired) electrons. The first kappa shape index (κ1) is 19.1. The molecule has 3 heterocycles. The van der Waals surface area contributed by atoms with E-state index in [1.54, 1.807) is 0 Å². The lowest BCUT2D eigenvalue weighted by Gasteiger charge is -2.31. The monoisotopic (exact) mass is 381 g/mol. The first-order chi connectivity index (χ1) is 13.3. The number of rotatable bonds is 2. The predicted octanol–water partition coefficient (Wildman–Crippen LogP) is 4.71. The Morgan fingerprint density at radius 3 is 2.79 bits per heavy atom. The first-order valence-electron chi connectivity index (χ1n) is 10.3. The number of aryl methyl sites for hydroxylation is 1. The van der Waals surface area contributed by atoms with Crippen LogP contribution < -0.4 is 5.32 Å². The number of H-pyrrole nitrogens is 1. The van der Waals surface area contributed by atoms with Gasteiger partial charge >= 0.3 is 6.09 Å². The number of likely N-dealkylation sites (tertiary alicyclic amines) is 1. The van der Waals surface area contributed by atoms with E-state index < -0.39 is 5.60 Å². The minimum absolute atomic E-state index is 0.0951. The van der Waals surface area contributed by atoms with Crippen LogP contribution in [-0.2, 0) is 17.7 Å². The molecule has 2 aromatic rings. The van der Waals surface area contributed by atoms with E-state index in [0.29, 0.717) is 0 Å². The third-order valence-electron chi connectivity index (χ3n) is 5.62. The minimum atomic E-state index is -0.475. The molecule has 1 aromatic heterocycles. The van der Waals surface area contributed by atoms with E-state index in [-0.39, 0.29) is 12.1 Å². The molecule has 0 unspecified atom stereocenters. The quantitative estimate of drug-likeness (QED) is 0.792. The number of carbonyl (C=O) groups excluding carboxylic acids is 1. The summed E-state index contributed by atoms with van der Waals surface area (Å²) in [7, 11) is 0. The van der Waals surface area contributed by atoms with E-state index in [1.165, 1.54) is 27.8 Å². The maximum Gasteiger partial charge on any atom is 0.410 e. The molecule has 0 aliphatic carbocycles. The molecule has 0 saturated carbocycles. The SMILES string of the molecule is Cc1c[nH]c(-c2cc3c(c([C@@H]4CCCN4C(=O)OC(C)(C)C)c2)CCNC3)c1. The summed E-state index contributed by atoms with van der Waals surface area (Å²) >= 11 is 0. The van der Waals surface area contributed by atoms with E-state index in [4.69, 9.17) is 4.74 Å². The zero-order valence-corrected chi connectivity index (χ0v) is 17.4. The number of nitrogens with one attached hydrogen (secondary N) is 2. The molecule has 1 amide bonds. The Morgan fingerprint density at radius 1 is 1.25 bits per heavy atom. The van der Waals surface area contributed by atoms with Crippen molar-refractivity contribution in [3.63, 3.8) is 0 Å². The van der Waals surface area contributed by atoms with Gasteiger partial charge in [-0.1, -0.05) is 0 Å². The normalized spacial score (nSPS) is 19.6. The Bertz CT molecular complexity index is 878. The number of benzene rings is 1. The van der Waals surface area contributed by atoms with Gasteiger partial charge < -0.3 is 19.9 Å². The van der Waals surface area contributed by atoms with Gasteiger partial charge in [0, 0.05) is 25.0 Å². The largest absolute Gasteiger partial charge is 0.444 e. The van der Waals surface area contributed by atoms with Crippen molar-refractivity contribution < 1.29 is 9.53 Å². The van der Waals surface area contributed by atoms with Crippen molar-refractivity contribution in [1.82, 2.24) is 15.2 Å². The van der Waals surface area contributed by atoms with Crippen LogP contribution in [0.3, 0.4) is 0 Å². The van der Waals surface area contributed by atoms with Crippen LogP contribution in [0, 0.1) is 6.92 Å². The van der Waals surface area contributed by atoms with Crippen molar-refractivity contribution in [2.45, 2.75) is 65.1 Å². The van der Waals surface area contributed by atoms with Crippen molar-refractivity contribution in [2.24, 2.45) is 0 Å². The summed E-state index contributed by atoms with van der Waals surface area (Å²) in [5, 5.41) is 3.49. The van der Waals surface area contributed by atoms with Gasteiger partial charge in [-0.15, -0.1) is 0 Å². The van der Waals surface area contributed by atoms with Crippen molar-refractivity contribution in [1.29, 1.82) is 0 Å². The van der Waals surface area contributed by atoms with E-state index in [1.807, 2.05) is 31.9 Å². The second-order valence-corrected chi connectivity index (χ2v) is 9.05. The van der Waals surface area contributed by atoms with E-state index in [0.717, 1.165) is 44.6 Å². The number of nitrogens with zero attached hydrogens (tertiary/aromatic N) is 1. The van der Waals surface area contributed by atoms with Crippen LogP contribution in [0.4, 0.5) is 4.79 Å². The fourth-order valence-corrected chi connectivity index (χ4v) is 4.41. The highest BCUT2D eigenvalue weighted by molar-refractivity contribution is 5.70. The highest BCUT2D eigenvalue weighted by Crippen LogP contribution is 2.39. The van der Waals surface area contributed by atoms with Crippen molar-refractivity contribution >= 4 is 6.09 Å². The number of hydrogen-bond donors (Lipinski definition) is 2. The molecule has 0 bridgehead atoms. The number of carbonyl (C=O) groups is 1. The first-order valence-corrected chi connectivity index (χ1v) is 10.3. The summed E-state index contributed by atoms with van der Waals surface area (Å²) in [5.74, 6) is 0. The minimum Gasteiger partial charge on any atom is -0.444 e. The fraction of sp³-hybridized carbons (Fsp3) is 0.522. The van der Waals surface area contributed by atoms with Crippen LogP contribution in [0.5, 0.6) is 0 Å². The third kappa shape index (κ3) is 3.81. The highest BCUT2D eigenvalue weighted by atomic mass is 16.6. The average molecular weight is 382 g/mol. The fourth-order valence-electron chi connectivity index (χ4n) is 4.41. The summed E-state index contributed by atoms with van der Waals surface area (Å²) < 4.78 is 5.70. The van der Waals surface area contributed by atoms with Gasteiger partial charge in [0.15, 0.2) is 0 Å². The second-order valence-electron chi connectivity index (χ2n) is 9.05. The van der Waals surface area contributed by atoms with Gasteiger partial charge in [0.25, 0.3) is 0 Å². The Labute approximate surface area is 167 Å². The maximum absolute atomic E-state index is 12.9. The summed E-state index contributed by atoms with van der Waals surface area (Å²) in [5.41, 5.74) is 7.13. The van der Waals surface area contributed by atoms with Gasteiger partial charge in [0.05, 0.1) is 6.04 Å². The summed E-state index contributed by atoms with van der Waals surface area (Å²) in [6, 6.07) is 6.87. The molecule has 2 aliphatic rings. The molecule has 28 heavy (non-hydrogen) atoms. The van der Waals surface area contributed by atoms with E-state index in [9.17, 15) is 4.79 Å². The maximum atomic E-state index is 12.9. The number of amides is 1. The lowest BCUT2D eigenvalue weighted by atomic mass is 9.88. The smallest absolute Gasteiger partial charge is 0.410 e. The zero-order chi connectivity index (χ0) is 19.9. The molecule has 2 N–H and O–H groups in total. The molecular formula is C23H31N3O2. The van der Waals surface area contributed by atoms with Crippen LogP contribution in [0.2, 0.25) is 0 Å². The predicted molar refractivity (Wildman–Crippen MR) is 111 cm³/mol. The van der Waals surface area contributed by atoms with Crippen LogP contribution in [0.1, 0.15) is 61.9 Å². The second kappa shape index (κ2) is 7.28. The summed E-state index contributed by atoms with van der Waals surface area (Å²) in [6.45, 7) is 10.5. The van der Waals surface area contributed by atoms with Gasteiger partial charge in [-0.05, 0) is 99.5 Å². The molecule has 1 saturated heterocycles. The van der Waals surface area contributed by atoms with Crippen LogP contribution in [0.25, 0.3) is 11.3 Å². The molecule has 150 valence electrons. The molecule has 0 spiro atoms. The van der Waals surface area contributed by atoms with Crippen LogP contribution >= 0.6 is 0 Å². The lowest BCUT2D eigenvalue weighted by Crippen LogP contribution is -2.37. The molecule has 1 atom stereocenters. The lowest BCUT2D eigenvalue weighted by molar-refractivity contribution is 0.0224. The standard InChI is InChI=1S/C23H31N3O2/c1-15-10-20(25-13-15)16-11-17-14-24-8-7-18(17)19(12-16)21-6-5-9-26(21)22(27)28-23(2,3)4/h10-13,21,24-25H,5-9,14H2,1-4H3/t21-/m0/s1. The van der Waals surface area contributed by atoms with E-state index >= 15 is 0 Å². The summed E-state index contributed by atoms with van der Waals surface area (Å²) in [6.07, 6.45) is 4.86. The third-order valence-corrected chi connectivity index (χ3v) is 5.62. The average Bonchev–Trinajstić information content (AvgIpc) is 3.28. The van der Waals surface area contributed by atoms with Gasteiger partial charge in [0.1, 0.15) is 5.60 Å². The summed E-state index contributed by atoms with van der Waals surface area (Å²) in [4.78, 5) is 18.2. The van der Waals surface area contributed by atoms with Gasteiger partial charge in [-0.2, -0.15) is 0 Å². The number of aromatic amines is 1. The Balaban J connectivity index is 1.74. The Hall–Kier alpha value is -2.27. The molecule has 4 rings (SSSR count). The zero-order valence-electron chi connectivity index (χ0n) is 17.4. The number of aromatic nitrogens is 1. The van der Waals surface area contributed by atoms with E-state index in [2.05, 4.69) is 35.4 Å². The Kier molecular flexibility index (Phi) is 4.96. The van der Waals surface area contributed by atoms with Crippen molar-refractivity contribution in [2.75, 3.05) is 13.1 Å².